The van der Waals surface area contributed by atoms with Crippen LogP contribution < -0.4 is 4.74 Å². The molecule has 1 atom stereocenters. The smallest absolute Gasteiger partial charge is 0.328 e. The Morgan fingerprint density at radius 3 is 2.76 bits per heavy atom. The molecule has 1 unspecified atom stereocenters. The van der Waals surface area contributed by atoms with Gasteiger partial charge in [0, 0.05) is 18.7 Å². The van der Waals surface area contributed by atoms with Gasteiger partial charge in [-0.2, -0.15) is 0 Å². The van der Waals surface area contributed by atoms with Crippen molar-refractivity contribution in [1.29, 1.82) is 0 Å². The van der Waals surface area contributed by atoms with Gasteiger partial charge < -0.3 is 9.84 Å². The first-order valence-electron chi connectivity index (χ1n) is 7.26. The van der Waals surface area contributed by atoms with Gasteiger partial charge >= 0.3 is 5.97 Å². The molecule has 0 aliphatic carbocycles. The Kier molecular flexibility index (Phi) is 6.96. The van der Waals surface area contributed by atoms with Crippen LogP contribution in [0.3, 0.4) is 0 Å². The molecular formula is C17H25NO3. The molecule has 0 aliphatic heterocycles. The molecule has 4 heteroatoms. The van der Waals surface area contributed by atoms with Crippen LogP contribution in [0.2, 0.25) is 0 Å². The third-order valence-electron chi connectivity index (χ3n) is 3.63. The summed E-state index contributed by atoms with van der Waals surface area (Å²) in [5.74, 6) is -0.154. The number of hydrogen-bond donors (Lipinski definition) is 1. The van der Waals surface area contributed by atoms with E-state index in [0.717, 1.165) is 36.3 Å². The first-order valence-corrected chi connectivity index (χ1v) is 7.26. The minimum atomic E-state index is -0.940. The summed E-state index contributed by atoms with van der Waals surface area (Å²) >= 11 is 0. The van der Waals surface area contributed by atoms with E-state index in [1.165, 1.54) is 6.08 Å². The molecule has 0 amide bonds. The lowest BCUT2D eigenvalue weighted by Gasteiger charge is -2.25. The Balaban J connectivity index is 2.98. The van der Waals surface area contributed by atoms with Gasteiger partial charge in [0.15, 0.2) is 0 Å². The number of hydrogen-bond acceptors (Lipinski definition) is 3. The molecule has 0 saturated carbocycles. The van der Waals surface area contributed by atoms with Crippen molar-refractivity contribution in [2.24, 2.45) is 0 Å². The first kappa shape index (κ1) is 17.2. The van der Waals surface area contributed by atoms with Gasteiger partial charge in [-0.1, -0.05) is 19.4 Å². The van der Waals surface area contributed by atoms with Crippen LogP contribution in [0, 0.1) is 0 Å². The Labute approximate surface area is 127 Å². The van der Waals surface area contributed by atoms with Crippen molar-refractivity contribution in [2.75, 3.05) is 14.2 Å². The van der Waals surface area contributed by atoms with Crippen molar-refractivity contribution in [2.45, 2.75) is 39.3 Å². The van der Waals surface area contributed by atoms with Crippen LogP contribution in [0.1, 0.15) is 37.8 Å². The molecule has 1 aromatic rings. The average molecular weight is 291 g/mol. The lowest BCUT2D eigenvalue weighted by molar-refractivity contribution is -0.131. The zero-order chi connectivity index (χ0) is 15.8. The fourth-order valence-electron chi connectivity index (χ4n) is 2.23. The maximum atomic E-state index is 10.7. The van der Waals surface area contributed by atoms with Gasteiger partial charge in [-0.05, 0) is 49.7 Å². The second-order valence-corrected chi connectivity index (χ2v) is 5.29. The second kappa shape index (κ2) is 8.47. The predicted octanol–water partition coefficient (Wildman–Crippen LogP) is 3.41. The molecule has 21 heavy (non-hydrogen) atoms. The summed E-state index contributed by atoms with van der Waals surface area (Å²) in [4.78, 5) is 13.0. The van der Waals surface area contributed by atoms with E-state index < -0.39 is 5.97 Å². The Morgan fingerprint density at radius 1 is 1.48 bits per heavy atom. The number of benzene rings is 1. The predicted molar refractivity (Wildman–Crippen MR) is 85.5 cm³/mol. The number of carbonyl (C=O) groups is 1. The minimum Gasteiger partial charge on any atom is -0.497 e. The molecule has 0 fully saturated rings. The van der Waals surface area contributed by atoms with Crippen molar-refractivity contribution >= 4 is 12.0 Å². The van der Waals surface area contributed by atoms with E-state index in [1.54, 1.807) is 13.2 Å². The lowest BCUT2D eigenvalue weighted by Crippen LogP contribution is -2.28. The summed E-state index contributed by atoms with van der Waals surface area (Å²) < 4.78 is 5.27. The lowest BCUT2D eigenvalue weighted by atomic mass is 10.0. The number of carboxylic acid groups (broad SMARTS) is 1. The summed E-state index contributed by atoms with van der Waals surface area (Å²) in [5, 5.41) is 8.78. The molecule has 0 saturated heterocycles. The molecule has 0 spiro atoms. The fraction of sp³-hybridized carbons (Fsp3) is 0.471. The zero-order valence-electron chi connectivity index (χ0n) is 13.3. The quantitative estimate of drug-likeness (QED) is 0.746. The van der Waals surface area contributed by atoms with Crippen molar-refractivity contribution in [3.63, 3.8) is 0 Å². The number of ether oxygens (including phenoxy) is 1. The van der Waals surface area contributed by atoms with E-state index in [4.69, 9.17) is 9.84 Å². The van der Waals surface area contributed by atoms with Crippen molar-refractivity contribution in [3.8, 4) is 5.75 Å². The van der Waals surface area contributed by atoms with E-state index in [1.807, 2.05) is 18.2 Å². The molecule has 116 valence electrons. The standard InChI is InChI=1S/C17H25NO3/c1-5-6-13(2)18(3)12-15-11-16(21-4)9-7-14(15)8-10-17(19)20/h7-11,13H,5-6,12H2,1-4H3,(H,19,20). The zero-order valence-corrected chi connectivity index (χ0v) is 13.3. The third kappa shape index (κ3) is 5.60. The van der Waals surface area contributed by atoms with Crippen molar-refractivity contribution < 1.29 is 14.6 Å². The highest BCUT2D eigenvalue weighted by Gasteiger charge is 2.11. The molecule has 0 bridgehead atoms. The summed E-state index contributed by atoms with van der Waals surface area (Å²) in [6, 6.07) is 6.20. The molecule has 0 aromatic heterocycles. The summed E-state index contributed by atoms with van der Waals surface area (Å²) in [7, 11) is 3.72. The summed E-state index contributed by atoms with van der Waals surface area (Å²) in [5.41, 5.74) is 1.98. The Hall–Kier alpha value is -1.81. The summed E-state index contributed by atoms with van der Waals surface area (Å²) in [6.07, 6.45) is 5.09. The average Bonchev–Trinajstić information content (AvgIpc) is 2.45. The van der Waals surface area contributed by atoms with E-state index >= 15 is 0 Å². The van der Waals surface area contributed by atoms with Gasteiger partial charge in [-0.15, -0.1) is 0 Å². The SMILES string of the molecule is CCCC(C)N(C)Cc1cc(OC)ccc1C=CC(=O)O. The fourth-order valence-corrected chi connectivity index (χ4v) is 2.23. The van der Waals surface area contributed by atoms with E-state index in [2.05, 4.69) is 25.8 Å². The van der Waals surface area contributed by atoms with E-state index in [-0.39, 0.29) is 0 Å². The first-order chi connectivity index (χ1) is 9.97. The highest BCUT2D eigenvalue weighted by atomic mass is 16.5. The van der Waals surface area contributed by atoms with Crippen LogP contribution in [0.15, 0.2) is 24.3 Å². The second-order valence-electron chi connectivity index (χ2n) is 5.29. The van der Waals surface area contributed by atoms with Crippen LogP contribution >= 0.6 is 0 Å². The monoisotopic (exact) mass is 291 g/mol. The van der Waals surface area contributed by atoms with Crippen LogP contribution in [0.25, 0.3) is 6.08 Å². The Morgan fingerprint density at radius 2 is 2.19 bits per heavy atom. The van der Waals surface area contributed by atoms with Crippen LogP contribution in [-0.2, 0) is 11.3 Å². The van der Waals surface area contributed by atoms with Gasteiger partial charge in [0.05, 0.1) is 7.11 Å². The largest absolute Gasteiger partial charge is 0.497 e. The van der Waals surface area contributed by atoms with Crippen molar-refractivity contribution in [1.82, 2.24) is 4.90 Å². The molecule has 1 aromatic carbocycles. The maximum Gasteiger partial charge on any atom is 0.328 e. The van der Waals surface area contributed by atoms with Gasteiger partial charge in [0.25, 0.3) is 0 Å². The topological polar surface area (TPSA) is 49.8 Å². The maximum absolute atomic E-state index is 10.7. The van der Waals surface area contributed by atoms with E-state index in [9.17, 15) is 4.79 Å². The van der Waals surface area contributed by atoms with Crippen molar-refractivity contribution in [3.05, 3.63) is 35.4 Å². The molecule has 0 aliphatic rings. The van der Waals surface area contributed by atoms with Crippen LogP contribution in [0.5, 0.6) is 5.75 Å². The van der Waals surface area contributed by atoms with Gasteiger partial charge in [-0.25, -0.2) is 4.79 Å². The normalized spacial score (nSPS) is 12.8. The van der Waals surface area contributed by atoms with Gasteiger partial charge in [0.2, 0.25) is 0 Å². The molecular weight excluding hydrogens is 266 g/mol. The summed E-state index contributed by atoms with van der Waals surface area (Å²) in [6.45, 7) is 5.14. The molecule has 0 radical (unpaired) electrons. The molecule has 1 rings (SSSR count). The Bertz CT molecular complexity index is 497. The van der Waals surface area contributed by atoms with Gasteiger partial charge in [0.1, 0.15) is 5.75 Å². The van der Waals surface area contributed by atoms with Crippen LogP contribution in [-0.4, -0.2) is 36.2 Å². The number of rotatable bonds is 8. The molecule has 4 nitrogen and oxygen atoms in total. The number of aliphatic carboxylic acids is 1. The molecule has 1 N–H and O–H groups in total. The minimum absolute atomic E-state index is 0.484. The highest BCUT2D eigenvalue weighted by molar-refractivity contribution is 5.85. The highest BCUT2D eigenvalue weighted by Crippen LogP contribution is 2.21. The third-order valence-corrected chi connectivity index (χ3v) is 3.63. The number of methoxy groups -OCH3 is 1. The van der Waals surface area contributed by atoms with E-state index in [0.29, 0.717) is 6.04 Å². The number of nitrogens with zero attached hydrogens (tertiary/aromatic N) is 1. The number of carboxylic acids is 1. The molecule has 0 heterocycles. The van der Waals surface area contributed by atoms with Crippen LogP contribution in [0.4, 0.5) is 0 Å². The van der Waals surface area contributed by atoms with Gasteiger partial charge in [-0.3, -0.25) is 4.90 Å².